The molecule has 3 N–H and O–H groups in total. The lowest BCUT2D eigenvalue weighted by Crippen LogP contribution is -2.50. The van der Waals surface area contributed by atoms with E-state index in [1.54, 1.807) is 11.3 Å². The van der Waals surface area contributed by atoms with Gasteiger partial charge in [-0.1, -0.05) is 38.1 Å². The van der Waals surface area contributed by atoms with Crippen molar-refractivity contribution in [3.05, 3.63) is 41.4 Å². The Balaban J connectivity index is 1.76. The van der Waals surface area contributed by atoms with Gasteiger partial charge >= 0.3 is 0 Å². The van der Waals surface area contributed by atoms with Gasteiger partial charge in [0, 0.05) is 18.0 Å². The summed E-state index contributed by atoms with van der Waals surface area (Å²) in [7, 11) is 0. The molecular weight excluding hydrogens is 330 g/mol. The number of hydrogen-bond donors (Lipinski definition) is 2. The van der Waals surface area contributed by atoms with Gasteiger partial charge in [0.05, 0.1) is 21.1 Å². The molecule has 0 aliphatic heterocycles. The second kappa shape index (κ2) is 7.67. The van der Waals surface area contributed by atoms with E-state index in [0.717, 1.165) is 36.2 Å². The quantitative estimate of drug-likeness (QED) is 0.768. The molecule has 0 fully saturated rings. The Bertz CT molecular complexity index is 730. The van der Waals surface area contributed by atoms with Crippen LogP contribution in [0.25, 0.3) is 10.2 Å². The van der Waals surface area contributed by atoms with Crippen LogP contribution in [-0.4, -0.2) is 23.0 Å². The van der Waals surface area contributed by atoms with Gasteiger partial charge in [-0.25, -0.2) is 4.98 Å². The molecule has 1 heterocycles. The Labute approximate surface area is 153 Å². The molecule has 2 atom stereocenters. The van der Waals surface area contributed by atoms with Gasteiger partial charge in [0.15, 0.2) is 0 Å². The van der Waals surface area contributed by atoms with Crippen LogP contribution in [0, 0.1) is 5.92 Å². The van der Waals surface area contributed by atoms with Crippen molar-refractivity contribution in [1.82, 2.24) is 10.3 Å². The molecule has 0 radical (unpaired) electrons. The van der Waals surface area contributed by atoms with E-state index in [4.69, 9.17) is 10.7 Å². The molecule has 0 bridgehead atoms. The first-order chi connectivity index (χ1) is 12.1. The zero-order valence-corrected chi connectivity index (χ0v) is 15.8. The number of nitrogens with zero attached hydrogens (tertiary/aromatic N) is 1. The number of allylic oxidation sites excluding steroid dienone is 2. The Morgan fingerprint density at radius 3 is 2.72 bits per heavy atom. The lowest BCUT2D eigenvalue weighted by Gasteiger charge is -2.30. The van der Waals surface area contributed by atoms with Gasteiger partial charge < -0.3 is 11.1 Å². The van der Waals surface area contributed by atoms with Crippen molar-refractivity contribution in [2.24, 2.45) is 11.7 Å². The molecule has 0 saturated carbocycles. The smallest absolute Gasteiger partial charge is 0.224 e. The van der Waals surface area contributed by atoms with Gasteiger partial charge in [0.2, 0.25) is 5.91 Å². The maximum Gasteiger partial charge on any atom is 0.224 e. The van der Waals surface area contributed by atoms with E-state index in [9.17, 15) is 4.79 Å². The number of nitrogens with two attached hydrogens (primary N) is 1. The van der Waals surface area contributed by atoms with Crippen molar-refractivity contribution in [2.75, 3.05) is 6.54 Å². The number of para-hydroxylation sites is 1. The van der Waals surface area contributed by atoms with Crippen LogP contribution >= 0.6 is 11.3 Å². The first-order valence-corrected chi connectivity index (χ1v) is 9.95. The number of amides is 1. The van der Waals surface area contributed by atoms with Gasteiger partial charge in [-0.2, -0.15) is 0 Å². The number of fused-ring (bicyclic) bond motifs is 1. The van der Waals surface area contributed by atoms with Crippen LogP contribution in [0.1, 0.15) is 50.5 Å². The minimum absolute atomic E-state index is 0.0662. The van der Waals surface area contributed by atoms with Crippen LogP contribution < -0.4 is 11.1 Å². The third-order valence-corrected chi connectivity index (χ3v) is 6.59. The summed E-state index contributed by atoms with van der Waals surface area (Å²) in [5, 5.41) is 4.17. The second-order valence-corrected chi connectivity index (χ2v) is 8.03. The van der Waals surface area contributed by atoms with Crippen LogP contribution in [0.2, 0.25) is 0 Å². The first kappa shape index (κ1) is 18.1. The van der Waals surface area contributed by atoms with E-state index in [1.165, 1.54) is 4.70 Å². The van der Waals surface area contributed by atoms with Gasteiger partial charge in [0.25, 0.3) is 0 Å². The van der Waals surface area contributed by atoms with E-state index in [1.807, 2.05) is 18.2 Å². The van der Waals surface area contributed by atoms with Gasteiger partial charge in [-0.3, -0.25) is 4.79 Å². The Morgan fingerprint density at radius 1 is 1.28 bits per heavy atom. The topological polar surface area (TPSA) is 68.0 Å². The molecule has 1 aliphatic rings. The molecule has 1 amide bonds. The van der Waals surface area contributed by atoms with Crippen molar-refractivity contribution < 1.29 is 4.79 Å². The highest BCUT2D eigenvalue weighted by atomic mass is 32.1. The monoisotopic (exact) mass is 357 g/mol. The number of rotatable bonds is 6. The average molecular weight is 358 g/mol. The van der Waals surface area contributed by atoms with Crippen LogP contribution in [0.3, 0.4) is 0 Å². The van der Waals surface area contributed by atoms with Gasteiger partial charge in [-0.15, -0.1) is 11.3 Å². The highest BCUT2D eigenvalue weighted by Crippen LogP contribution is 2.38. The first-order valence-electron chi connectivity index (χ1n) is 9.13. The fourth-order valence-corrected chi connectivity index (χ4v) is 4.47. The summed E-state index contributed by atoms with van der Waals surface area (Å²) in [6.45, 7) is 4.68. The average Bonchev–Trinajstić information content (AvgIpc) is 3.10. The largest absolute Gasteiger partial charge is 0.354 e. The van der Waals surface area contributed by atoms with Crippen molar-refractivity contribution in [3.8, 4) is 0 Å². The number of nitrogens with one attached hydrogen (secondary N) is 1. The minimum atomic E-state index is -0.314. The van der Waals surface area contributed by atoms with Gasteiger partial charge in [0.1, 0.15) is 0 Å². The number of thiazole rings is 1. The fraction of sp³-hybridized carbons (Fsp3) is 0.500. The predicted molar refractivity (Wildman–Crippen MR) is 105 cm³/mol. The van der Waals surface area contributed by atoms with Crippen molar-refractivity contribution in [2.45, 2.75) is 51.0 Å². The molecule has 3 rings (SSSR count). The number of hydrogen-bond acceptors (Lipinski definition) is 4. The summed E-state index contributed by atoms with van der Waals surface area (Å²) in [6.07, 6.45) is 7.63. The summed E-state index contributed by atoms with van der Waals surface area (Å²) in [6, 6.07) is 8.17. The van der Waals surface area contributed by atoms with Gasteiger partial charge in [-0.05, 0) is 37.8 Å². The van der Waals surface area contributed by atoms with Crippen molar-refractivity contribution in [1.29, 1.82) is 0 Å². The lowest BCUT2D eigenvalue weighted by molar-refractivity contribution is -0.126. The Morgan fingerprint density at radius 2 is 2.00 bits per heavy atom. The summed E-state index contributed by atoms with van der Waals surface area (Å²) < 4.78 is 1.18. The molecule has 1 aromatic carbocycles. The molecule has 5 heteroatoms. The van der Waals surface area contributed by atoms with Crippen molar-refractivity contribution in [3.63, 3.8) is 0 Å². The summed E-state index contributed by atoms with van der Waals surface area (Å²) in [5.74, 6) is 0.187. The molecule has 25 heavy (non-hydrogen) atoms. The molecule has 1 aliphatic carbocycles. The minimum Gasteiger partial charge on any atom is -0.354 e. The molecule has 0 spiro atoms. The fourth-order valence-electron chi connectivity index (χ4n) is 3.32. The van der Waals surface area contributed by atoms with Crippen molar-refractivity contribution >= 4 is 27.5 Å². The summed E-state index contributed by atoms with van der Waals surface area (Å²) in [5.41, 5.74) is 7.04. The Hall–Kier alpha value is -1.72. The second-order valence-electron chi connectivity index (χ2n) is 6.96. The molecule has 0 saturated heterocycles. The maximum absolute atomic E-state index is 12.9. The zero-order valence-electron chi connectivity index (χ0n) is 15.0. The van der Waals surface area contributed by atoms with Crippen LogP contribution in [0.4, 0.5) is 0 Å². The van der Waals surface area contributed by atoms with E-state index in [2.05, 4.69) is 37.4 Å². The standard InChI is InChI=1S/C20H27N3OS/c1-3-20(21,4-2)13-22-18(24)14-9-5-6-10-15(14)19-23-16-11-7-8-12-17(16)25-19/h5-8,11-12,14-15H,3-4,9-10,13,21H2,1-2H3,(H,22,24). The maximum atomic E-state index is 12.9. The predicted octanol–water partition coefficient (Wildman–Crippen LogP) is 3.98. The third-order valence-electron chi connectivity index (χ3n) is 5.42. The number of carbonyl (C=O) groups excluding carboxylic acids is 1. The normalized spacial score (nSPS) is 20.8. The summed E-state index contributed by atoms with van der Waals surface area (Å²) >= 11 is 1.71. The molecule has 4 nitrogen and oxygen atoms in total. The van der Waals surface area contributed by atoms with E-state index < -0.39 is 0 Å². The van der Waals surface area contributed by atoms with E-state index in [0.29, 0.717) is 6.54 Å². The third kappa shape index (κ3) is 3.93. The molecule has 2 unspecified atom stereocenters. The SMILES string of the molecule is CCC(N)(CC)CNC(=O)C1CC=CCC1c1nc2ccccc2s1. The van der Waals surface area contributed by atoms with Crippen LogP contribution in [-0.2, 0) is 4.79 Å². The number of benzene rings is 1. The highest BCUT2D eigenvalue weighted by Gasteiger charge is 2.33. The molecule has 134 valence electrons. The number of aromatic nitrogens is 1. The summed E-state index contributed by atoms with van der Waals surface area (Å²) in [4.78, 5) is 17.6. The molecule has 2 aromatic rings. The lowest BCUT2D eigenvalue weighted by atomic mass is 9.82. The van der Waals surface area contributed by atoms with Crippen LogP contribution in [0.5, 0.6) is 0 Å². The highest BCUT2D eigenvalue weighted by molar-refractivity contribution is 7.18. The van der Waals surface area contributed by atoms with Crippen LogP contribution in [0.15, 0.2) is 36.4 Å². The Kier molecular flexibility index (Phi) is 5.54. The molecule has 1 aromatic heterocycles. The van der Waals surface area contributed by atoms with E-state index >= 15 is 0 Å². The number of carbonyl (C=O) groups is 1. The van der Waals surface area contributed by atoms with E-state index in [-0.39, 0.29) is 23.3 Å². The molecular formula is C20H27N3OS. The zero-order chi connectivity index (χ0) is 17.9.